The Balaban J connectivity index is 1.94. The van der Waals surface area contributed by atoms with Gasteiger partial charge in [0.25, 0.3) is 0 Å². The Hall–Kier alpha value is -1.80. The normalized spacial score (nSPS) is 17.4. The number of hydrogen-bond donors (Lipinski definition) is 0. The maximum absolute atomic E-state index is 5.29. The van der Waals surface area contributed by atoms with E-state index in [2.05, 4.69) is 59.9 Å². The Morgan fingerprint density at radius 1 is 0.905 bits per heavy atom. The molecule has 2 heteroatoms. The zero-order chi connectivity index (χ0) is 14.5. The summed E-state index contributed by atoms with van der Waals surface area (Å²) in [5, 5.41) is 4.50. The van der Waals surface area contributed by atoms with Crippen LogP contribution in [0.1, 0.15) is 29.9 Å². The highest BCUT2D eigenvalue weighted by molar-refractivity contribution is 5.36. The first-order chi connectivity index (χ1) is 10.4. The van der Waals surface area contributed by atoms with E-state index in [9.17, 15) is 0 Å². The van der Waals surface area contributed by atoms with Crippen molar-refractivity contribution in [3.05, 3.63) is 65.7 Å². The molecule has 109 valence electrons. The second kappa shape index (κ2) is 6.77. The maximum atomic E-state index is 5.29. The molecule has 21 heavy (non-hydrogen) atoms. The molecule has 1 saturated heterocycles. The fraction of sp³-hybridized carbons (Fsp3) is 0.368. The molecule has 1 heterocycles. The summed E-state index contributed by atoms with van der Waals surface area (Å²) in [5.41, 5.74) is 2.79. The van der Waals surface area contributed by atoms with Gasteiger partial charge in [0.1, 0.15) is 5.75 Å². The van der Waals surface area contributed by atoms with Crippen LogP contribution in [-0.2, 0) is 0 Å². The molecule has 0 saturated carbocycles. The summed E-state index contributed by atoms with van der Waals surface area (Å²) in [6.45, 7) is 2.01. The van der Waals surface area contributed by atoms with Gasteiger partial charge in [-0.2, -0.15) is 0 Å². The van der Waals surface area contributed by atoms with Crippen LogP contribution in [-0.4, -0.2) is 20.2 Å². The van der Waals surface area contributed by atoms with Crippen LogP contribution in [0, 0.1) is 5.92 Å². The Bertz CT molecular complexity index is 544. The number of rotatable bonds is 4. The van der Waals surface area contributed by atoms with Crippen molar-refractivity contribution in [2.45, 2.75) is 18.8 Å². The number of piperidine rings is 1. The van der Waals surface area contributed by atoms with Gasteiger partial charge in [-0.1, -0.05) is 42.5 Å². The first-order valence-electron chi connectivity index (χ1n) is 7.70. The SMILES string of the molecule is COc1ccc(C(c2ccccc2)C2CC[N]CC2)cc1. The van der Waals surface area contributed by atoms with Crippen LogP contribution >= 0.6 is 0 Å². The largest absolute Gasteiger partial charge is 0.497 e. The van der Waals surface area contributed by atoms with Crippen LogP contribution in [0.5, 0.6) is 5.75 Å². The molecule has 2 aromatic rings. The van der Waals surface area contributed by atoms with Crippen molar-refractivity contribution in [2.24, 2.45) is 5.92 Å². The summed E-state index contributed by atoms with van der Waals surface area (Å²) in [4.78, 5) is 0. The monoisotopic (exact) mass is 280 g/mol. The molecule has 0 bridgehead atoms. The molecule has 0 aromatic heterocycles. The third-order valence-corrected chi connectivity index (χ3v) is 4.42. The van der Waals surface area contributed by atoms with Crippen molar-refractivity contribution in [2.75, 3.05) is 20.2 Å². The molecule has 0 amide bonds. The van der Waals surface area contributed by atoms with Crippen LogP contribution in [0.4, 0.5) is 0 Å². The van der Waals surface area contributed by atoms with E-state index in [0.717, 1.165) is 18.8 Å². The minimum Gasteiger partial charge on any atom is -0.497 e. The molecule has 2 nitrogen and oxygen atoms in total. The van der Waals surface area contributed by atoms with E-state index < -0.39 is 0 Å². The minimum absolute atomic E-state index is 0.465. The molecular weight excluding hydrogens is 258 g/mol. The second-order valence-electron chi connectivity index (χ2n) is 5.67. The average molecular weight is 280 g/mol. The summed E-state index contributed by atoms with van der Waals surface area (Å²) >= 11 is 0. The molecule has 2 aromatic carbocycles. The number of benzene rings is 2. The Morgan fingerprint density at radius 3 is 2.14 bits per heavy atom. The highest BCUT2D eigenvalue weighted by Gasteiger charge is 2.26. The smallest absolute Gasteiger partial charge is 0.118 e. The van der Waals surface area contributed by atoms with Crippen LogP contribution in [0.2, 0.25) is 0 Å². The van der Waals surface area contributed by atoms with E-state index in [1.54, 1.807) is 7.11 Å². The molecule has 0 N–H and O–H groups in total. The van der Waals surface area contributed by atoms with Crippen molar-refractivity contribution in [1.29, 1.82) is 0 Å². The number of methoxy groups -OCH3 is 1. The van der Waals surface area contributed by atoms with Gasteiger partial charge >= 0.3 is 0 Å². The Labute approximate surface area is 127 Å². The van der Waals surface area contributed by atoms with E-state index >= 15 is 0 Å². The van der Waals surface area contributed by atoms with E-state index in [4.69, 9.17) is 4.74 Å². The maximum Gasteiger partial charge on any atom is 0.118 e. The fourth-order valence-corrected chi connectivity index (χ4v) is 3.31. The highest BCUT2D eigenvalue weighted by Crippen LogP contribution is 2.37. The molecule has 1 aliphatic rings. The third kappa shape index (κ3) is 3.27. The van der Waals surface area contributed by atoms with Gasteiger partial charge in [-0.15, -0.1) is 0 Å². The molecule has 0 aliphatic carbocycles. The standard InChI is InChI=1S/C19H22NO/c1-21-18-9-7-16(8-10-18)19(15-5-3-2-4-6-15)17-11-13-20-14-12-17/h2-10,17,19H,11-14H2,1H3. The zero-order valence-corrected chi connectivity index (χ0v) is 12.5. The number of nitrogens with zero attached hydrogens (tertiary/aromatic N) is 1. The first-order valence-corrected chi connectivity index (χ1v) is 7.70. The molecule has 1 atom stereocenters. The van der Waals surface area contributed by atoms with Gasteiger partial charge in [-0.05, 0) is 42.0 Å². The van der Waals surface area contributed by atoms with E-state index in [1.165, 1.54) is 24.0 Å². The van der Waals surface area contributed by atoms with Gasteiger partial charge < -0.3 is 4.74 Å². The molecule has 1 fully saturated rings. The molecule has 0 spiro atoms. The van der Waals surface area contributed by atoms with E-state index in [1.807, 2.05) is 0 Å². The average Bonchev–Trinajstić information content (AvgIpc) is 2.58. The first kappa shape index (κ1) is 14.2. The Kier molecular flexibility index (Phi) is 4.56. The van der Waals surface area contributed by atoms with Gasteiger partial charge in [0.2, 0.25) is 0 Å². The summed E-state index contributed by atoms with van der Waals surface area (Å²) in [7, 11) is 1.71. The molecular formula is C19H22NO. The highest BCUT2D eigenvalue weighted by atomic mass is 16.5. The van der Waals surface area contributed by atoms with Gasteiger partial charge in [-0.25, -0.2) is 5.32 Å². The lowest BCUT2D eigenvalue weighted by atomic mass is 9.76. The predicted octanol–water partition coefficient (Wildman–Crippen LogP) is 3.84. The van der Waals surface area contributed by atoms with Crippen LogP contribution in [0.25, 0.3) is 0 Å². The van der Waals surface area contributed by atoms with E-state index in [-0.39, 0.29) is 0 Å². The fourth-order valence-electron chi connectivity index (χ4n) is 3.31. The summed E-state index contributed by atoms with van der Waals surface area (Å²) < 4.78 is 5.29. The summed E-state index contributed by atoms with van der Waals surface area (Å²) in [6, 6.07) is 19.4. The Morgan fingerprint density at radius 2 is 1.52 bits per heavy atom. The predicted molar refractivity (Wildman–Crippen MR) is 85.9 cm³/mol. The van der Waals surface area contributed by atoms with Crippen molar-refractivity contribution in [3.8, 4) is 5.75 Å². The minimum atomic E-state index is 0.465. The van der Waals surface area contributed by atoms with Crippen molar-refractivity contribution in [3.63, 3.8) is 0 Å². The number of hydrogen-bond acceptors (Lipinski definition) is 1. The molecule has 1 radical (unpaired) electrons. The quantitative estimate of drug-likeness (QED) is 0.834. The van der Waals surface area contributed by atoms with Crippen LogP contribution < -0.4 is 10.1 Å². The summed E-state index contributed by atoms with van der Waals surface area (Å²) in [5.74, 6) is 2.06. The zero-order valence-electron chi connectivity index (χ0n) is 12.5. The lowest BCUT2D eigenvalue weighted by Gasteiger charge is -2.31. The lowest BCUT2D eigenvalue weighted by Crippen LogP contribution is -2.27. The van der Waals surface area contributed by atoms with Crippen molar-refractivity contribution in [1.82, 2.24) is 5.32 Å². The number of ether oxygens (including phenoxy) is 1. The van der Waals surface area contributed by atoms with E-state index in [0.29, 0.717) is 11.8 Å². The molecule has 1 aliphatic heterocycles. The van der Waals surface area contributed by atoms with Crippen molar-refractivity contribution >= 4 is 0 Å². The lowest BCUT2D eigenvalue weighted by molar-refractivity contribution is 0.338. The third-order valence-electron chi connectivity index (χ3n) is 4.42. The van der Waals surface area contributed by atoms with Gasteiger partial charge in [0, 0.05) is 19.0 Å². The summed E-state index contributed by atoms with van der Waals surface area (Å²) in [6.07, 6.45) is 2.37. The topological polar surface area (TPSA) is 23.3 Å². The van der Waals surface area contributed by atoms with Crippen LogP contribution in [0.15, 0.2) is 54.6 Å². The van der Waals surface area contributed by atoms with Gasteiger partial charge in [-0.3, -0.25) is 0 Å². The van der Waals surface area contributed by atoms with Gasteiger partial charge in [0.15, 0.2) is 0 Å². The second-order valence-corrected chi connectivity index (χ2v) is 5.67. The van der Waals surface area contributed by atoms with Crippen LogP contribution in [0.3, 0.4) is 0 Å². The molecule has 1 unspecified atom stereocenters. The van der Waals surface area contributed by atoms with Crippen molar-refractivity contribution < 1.29 is 4.74 Å². The van der Waals surface area contributed by atoms with Gasteiger partial charge in [0.05, 0.1) is 7.11 Å². The molecule has 3 rings (SSSR count).